The summed E-state index contributed by atoms with van der Waals surface area (Å²) in [6.45, 7) is 2.95. The van der Waals surface area contributed by atoms with Crippen molar-refractivity contribution in [3.8, 4) is 23.0 Å². The van der Waals surface area contributed by atoms with Crippen LogP contribution in [0.25, 0.3) is 34.0 Å². The third-order valence-electron chi connectivity index (χ3n) is 3.42. The van der Waals surface area contributed by atoms with Gasteiger partial charge in [0.15, 0.2) is 0 Å². The van der Waals surface area contributed by atoms with Crippen LogP contribution in [0.15, 0.2) is 41.3 Å². The van der Waals surface area contributed by atoms with E-state index in [4.69, 9.17) is 4.52 Å². The van der Waals surface area contributed by atoms with Crippen molar-refractivity contribution in [3.63, 3.8) is 0 Å². The molecule has 0 aliphatic rings. The van der Waals surface area contributed by atoms with Crippen LogP contribution in [-0.2, 0) is 6.54 Å². The van der Waals surface area contributed by atoms with Crippen LogP contribution in [0.3, 0.4) is 0 Å². The summed E-state index contributed by atoms with van der Waals surface area (Å²) in [5.41, 5.74) is 3.16. The predicted molar refractivity (Wildman–Crippen MR) is 82.1 cm³/mol. The zero-order valence-electron chi connectivity index (χ0n) is 12.4. The first kappa shape index (κ1) is 13.5. The molecule has 3 heterocycles. The summed E-state index contributed by atoms with van der Waals surface area (Å²) in [5.74, 6) is 0.820. The van der Waals surface area contributed by atoms with Gasteiger partial charge in [0, 0.05) is 24.5 Å². The first-order valence-electron chi connectivity index (χ1n) is 7.29. The van der Waals surface area contributed by atoms with Gasteiger partial charge in [0.1, 0.15) is 11.2 Å². The molecule has 0 radical (unpaired) electrons. The SMILES string of the molecule is CCCn1nnc2cc(-c3noc(-c4cnccn4)n3)ccc21. The van der Waals surface area contributed by atoms with Gasteiger partial charge in [-0.05, 0) is 24.6 Å². The molecular formula is C15H13N7O. The second kappa shape index (κ2) is 5.56. The van der Waals surface area contributed by atoms with E-state index in [0.29, 0.717) is 17.4 Å². The molecule has 0 aliphatic carbocycles. The van der Waals surface area contributed by atoms with Gasteiger partial charge in [0.25, 0.3) is 5.89 Å². The lowest BCUT2D eigenvalue weighted by Gasteiger charge is -1.99. The second-order valence-corrected chi connectivity index (χ2v) is 5.03. The molecule has 1 aromatic carbocycles. The van der Waals surface area contributed by atoms with E-state index in [1.807, 2.05) is 22.9 Å². The Morgan fingerprint density at radius 1 is 1.22 bits per heavy atom. The Morgan fingerprint density at radius 3 is 3.00 bits per heavy atom. The number of fused-ring (bicyclic) bond motifs is 1. The number of hydrogen-bond donors (Lipinski definition) is 0. The molecule has 0 saturated carbocycles. The van der Waals surface area contributed by atoms with E-state index in [9.17, 15) is 0 Å². The maximum Gasteiger partial charge on any atom is 0.278 e. The van der Waals surface area contributed by atoms with Crippen LogP contribution < -0.4 is 0 Å². The van der Waals surface area contributed by atoms with Crippen molar-refractivity contribution >= 4 is 11.0 Å². The Labute approximate surface area is 131 Å². The summed E-state index contributed by atoms with van der Waals surface area (Å²) in [7, 11) is 0. The number of aromatic nitrogens is 7. The number of aryl methyl sites for hydroxylation is 1. The number of nitrogens with zero attached hydrogens (tertiary/aromatic N) is 7. The summed E-state index contributed by atoms with van der Waals surface area (Å²) in [4.78, 5) is 12.5. The fourth-order valence-electron chi connectivity index (χ4n) is 2.34. The van der Waals surface area contributed by atoms with Crippen LogP contribution in [0.2, 0.25) is 0 Å². The van der Waals surface area contributed by atoms with E-state index in [1.165, 1.54) is 0 Å². The van der Waals surface area contributed by atoms with E-state index in [2.05, 4.69) is 37.3 Å². The topological polar surface area (TPSA) is 95.4 Å². The van der Waals surface area contributed by atoms with Gasteiger partial charge in [0.05, 0.1) is 11.7 Å². The monoisotopic (exact) mass is 307 g/mol. The third kappa shape index (κ3) is 2.44. The Hall–Kier alpha value is -3.16. The number of rotatable bonds is 4. The van der Waals surface area contributed by atoms with E-state index >= 15 is 0 Å². The molecule has 0 saturated heterocycles. The quantitative estimate of drug-likeness (QED) is 0.571. The third-order valence-corrected chi connectivity index (χ3v) is 3.42. The average molecular weight is 307 g/mol. The average Bonchev–Trinajstić information content (AvgIpc) is 3.23. The summed E-state index contributed by atoms with van der Waals surface area (Å²) in [5, 5.41) is 12.4. The van der Waals surface area contributed by atoms with Gasteiger partial charge in [-0.2, -0.15) is 4.98 Å². The van der Waals surface area contributed by atoms with Crippen molar-refractivity contribution in [1.29, 1.82) is 0 Å². The van der Waals surface area contributed by atoms with Gasteiger partial charge in [0.2, 0.25) is 5.82 Å². The molecular weight excluding hydrogens is 294 g/mol. The highest BCUT2D eigenvalue weighted by atomic mass is 16.5. The molecule has 4 rings (SSSR count). The molecule has 0 unspecified atom stereocenters. The second-order valence-electron chi connectivity index (χ2n) is 5.03. The molecule has 0 aliphatic heterocycles. The Bertz CT molecular complexity index is 945. The fraction of sp³-hybridized carbons (Fsp3) is 0.200. The smallest absolute Gasteiger partial charge is 0.278 e. The standard InChI is InChI=1S/C15H13N7O/c1-2-7-22-13-4-3-10(8-11(13)19-21-22)14-18-15(23-20-14)12-9-16-5-6-17-12/h3-6,8-9H,2,7H2,1H3. The minimum absolute atomic E-state index is 0.336. The molecule has 0 fully saturated rings. The van der Waals surface area contributed by atoms with Gasteiger partial charge in [-0.25, -0.2) is 9.67 Å². The highest BCUT2D eigenvalue weighted by molar-refractivity contribution is 5.80. The molecule has 4 aromatic rings. The van der Waals surface area contributed by atoms with E-state index in [0.717, 1.165) is 29.6 Å². The summed E-state index contributed by atoms with van der Waals surface area (Å²) >= 11 is 0. The van der Waals surface area contributed by atoms with Gasteiger partial charge in [-0.3, -0.25) is 4.98 Å². The van der Waals surface area contributed by atoms with E-state index < -0.39 is 0 Å². The predicted octanol–water partition coefficient (Wildman–Crippen LogP) is 2.35. The van der Waals surface area contributed by atoms with Gasteiger partial charge in [-0.15, -0.1) is 5.10 Å². The Kier molecular flexibility index (Phi) is 3.26. The van der Waals surface area contributed by atoms with E-state index in [-0.39, 0.29) is 0 Å². The largest absolute Gasteiger partial charge is 0.332 e. The molecule has 0 amide bonds. The number of benzene rings is 1. The van der Waals surface area contributed by atoms with Crippen LogP contribution in [0.1, 0.15) is 13.3 Å². The maximum atomic E-state index is 5.26. The van der Waals surface area contributed by atoms with Crippen molar-refractivity contribution in [2.45, 2.75) is 19.9 Å². The Morgan fingerprint density at radius 2 is 2.17 bits per heavy atom. The summed E-state index contributed by atoms with van der Waals surface area (Å²) in [6.07, 6.45) is 5.76. The lowest BCUT2D eigenvalue weighted by molar-refractivity contribution is 0.431. The van der Waals surface area contributed by atoms with Gasteiger partial charge in [-0.1, -0.05) is 17.3 Å². The minimum Gasteiger partial charge on any atom is -0.332 e. The van der Waals surface area contributed by atoms with Crippen molar-refractivity contribution in [3.05, 3.63) is 36.8 Å². The molecule has 23 heavy (non-hydrogen) atoms. The van der Waals surface area contributed by atoms with E-state index in [1.54, 1.807) is 18.6 Å². The fourth-order valence-corrected chi connectivity index (χ4v) is 2.34. The highest BCUT2D eigenvalue weighted by Crippen LogP contribution is 2.23. The zero-order valence-corrected chi connectivity index (χ0v) is 12.4. The van der Waals surface area contributed by atoms with Crippen molar-refractivity contribution in [2.24, 2.45) is 0 Å². The minimum atomic E-state index is 0.336. The van der Waals surface area contributed by atoms with Crippen LogP contribution in [0.5, 0.6) is 0 Å². The van der Waals surface area contributed by atoms with Crippen LogP contribution in [-0.4, -0.2) is 35.1 Å². The molecule has 8 nitrogen and oxygen atoms in total. The lowest BCUT2D eigenvalue weighted by Crippen LogP contribution is -1.98. The maximum absolute atomic E-state index is 5.26. The van der Waals surface area contributed by atoms with Crippen molar-refractivity contribution in [2.75, 3.05) is 0 Å². The molecule has 0 bridgehead atoms. The molecule has 3 aromatic heterocycles. The van der Waals surface area contributed by atoms with Crippen LogP contribution in [0.4, 0.5) is 0 Å². The number of hydrogen-bond acceptors (Lipinski definition) is 7. The van der Waals surface area contributed by atoms with Gasteiger partial charge >= 0.3 is 0 Å². The first-order valence-corrected chi connectivity index (χ1v) is 7.29. The summed E-state index contributed by atoms with van der Waals surface area (Å²) < 4.78 is 7.15. The van der Waals surface area contributed by atoms with Gasteiger partial charge < -0.3 is 4.52 Å². The van der Waals surface area contributed by atoms with Crippen LogP contribution in [0, 0.1) is 0 Å². The molecule has 0 spiro atoms. The van der Waals surface area contributed by atoms with Crippen molar-refractivity contribution < 1.29 is 4.52 Å². The van der Waals surface area contributed by atoms with Crippen molar-refractivity contribution in [1.82, 2.24) is 35.1 Å². The Balaban J connectivity index is 1.71. The normalized spacial score (nSPS) is 11.2. The lowest BCUT2D eigenvalue weighted by atomic mass is 10.2. The highest BCUT2D eigenvalue weighted by Gasteiger charge is 2.13. The molecule has 114 valence electrons. The summed E-state index contributed by atoms with van der Waals surface area (Å²) in [6, 6.07) is 5.81. The first-order chi connectivity index (χ1) is 11.3. The molecule has 0 atom stereocenters. The molecule has 8 heteroatoms. The van der Waals surface area contributed by atoms with Crippen LogP contribution >= 0.6 is 0 Å². The molecule has 0 N–H and O–H groups in total. The zero-order chi connectivity index (χ0) is 15.6.